The molecule has 140 valence electrons. The number of carbonyl (C=O) groups is 2. The van der Waals surface area contributed by atoms with Crippen LogP contribution in [-0.2, 0) is 32.1 Å². The summed E-state index contributed by atoms with van der Waals surface area (Å²) in [5, 5.41) is 9.65. The molecule has 2 aromatic carbocycles. The number of hydroxylamine groups is 2. The first-order chi connectivity index (χ1) is 13.0. The van der Waals surface area contributed by atoms with E-state index in [0.717, 1.165) is 16.4 Å². The maximum Gasteiger partial charge on any atom is 0.443 e. The molecule has 3 rings (SSSR count). The van der Waals surface area contributed by atoms with Crippen molar-refractivity contribution in [3.63, 3.8) is 0 Å². The van der Waals surface area contributed by atoms with E-state index in [4.69, 9.17) is 20.5 Å². The van der Waals surface area contributed by atoms with Crippen molar-refractivity contribution in [3.8, 4) is 0 Å². The third kappa shape index (κ3) is 4.93. The highest BCUT2D eigenvalue weighted by Crippen LogP contribution is 2.25. The van der Waals surface area contributed by atoms with Crippen molar-refractivity contribution in [2.24, 2.45) is 5.73 Å². The lowest BCUT2D eigenvalue weighted by molar-refractivity contribution is -0.324. The molecule has 2 atom stereocenters. The Morgan fingerprint density at radius 1 is 1.07 bits per heavy atom. The van der Waals surface area contributed by atoms with Gasteiger partial charge in [0.2, 0.25) is 0 Å². The van der Waals surface area contributed by atoms with Crippen LogP contribution in [0.25, 0.3) is 0 Å². The van der Waals surface area contributed by atoms with E-state index in [9.17, 15) is 9.59 Å². The van der Waals surface area contributed by atoms with Crippen LogP contribution in [0.4, 0.5) is 0 Å². The molecule has 0 aliphatic carbocycles. The smallest absolute Gasteiger partial charge is 0.443 e. The number of carbonyl (C=O) groups excluding carboxylic acids is 1. The SMILES string of the molecule is NC(Cc1ccccc1)C1C=C(Cc2ccccc2)N(OC(=O)C(=O)O)O1. The monoisotopic (exact) mass is 368 g/mol. The topological polar surface area (TPSA) is 102 Å². The van der Waals surface area contributed by atoms with Crippen LogP contribution in [0.1, 0.15) is 11.1 Å². The second-order valence-electron chi connectivity index (χ2n) is 6.18. The van der Waals surface area contributed by atoms with Crippen LogP contribution in [0.2, 0.25) is 0 Å². The minimum Gasteiger partial charge on any atom is -0.473 e. The molecular weight excluding hydrogens is 348 g/mol. The van der Waals surface area contributed by atoms with E-state index in [1.54, 1.807) is 6.08 Å². The molecule has 1 aliphatic rings. The van der Waals surface area contributed by atoms with Crippen LogP contribution in [-0.4, -0.2) is 34.4 Å². The summed E-state index contributed by atoms with van der Waals surface area (Å²) < 4.78 is 0. The zero-order chi connectivity index (χ0) is 19.2. The van der Waals surface area contributed by atoms with Crippen molar-refractivity contribution in [3.05, 3.63) is 83.6 Å². The summed E-state index contributed by atoms with van der Waals surface area (Å²) >= 11 is 0. The fraction of sp³-hybridized carbons (Fsp3) is 0.200. The Morgan fingerprint density at radius 3 is 2.26 bits per heavy atom. The Hall–Kier alpha value is -3.16. The predicted octanol–water partition coefficient (Wildman–Crippen LogP) is 1.84. The molecule has 27 heavy (non-hydrogen) atoms. The van der Waals surface area contributed by atoms with Crippen LogP contribution in [0.15, 0.2) is 72.4 Å². The molecule has 1 heterocycles. The third-order valence-electron chi connectivity index (χ3n) is 4.11. The van der Waals surface area contributed by atoms with Gasteiger partial charge in [0.05, 0.1) is 5.70 Å². The van der Waals surface area contributed by atoms with Gasteiger partial charge in [-0.3, -0.25) is 0 Å². The fourth-order valence-electron chi connectivity index (χ4n) is 2.79. The molecule has 0 radical (unpaired) electrons. The number of carboxylic acid groups (broad SMARTS) is 1. The first-order valence-corrected chi connectivity index (χ1v) is 8.49. The number of rotatable bonds is 6. The van der Waals surface area contributed by atoms with Crippen molar-refractivity contribution in [1.29, 1.82) is 0 Å². The number of carboxylic acids is 1. The first-order valence-electron chi connectivity index (χ1n) is 8.49. The van der Waals surface area contributed by atoms with Gasteiger partial charge in [0.25, 0.3) is 0 Å². The fourth-order valence-corrected chi connectivity index (χ4v) is 2.79. The quantitative estimate of drug-likeness (QED) is 0.750. The third-order valence-corrected chi connectivity index (χ3v) is 4.11. The van der Waals surface area contributed by atoms with Crippen molar-refractivity contribution >= 4 is 11.9 Å². The summed E-state index contributed by atoms with van der Waals surface area (Å²) in [7, 11) is 0. The lowest BCUT2D eigenvalue weighted by atomic mass is 10.0. The van der Waals surface area contributed by atoms with Crippen LogP contribution in [0.5, 0.6) is 0 Å². The van der Waals surface area contributed by atoms with E-state index in [1.807, 2.05) is 60.7 Å². The molecule has 0 fully saturated rings. The second-order valence-corrected chi connectivity index (χ2v) is 6.18. The van der Waals surface area contributed by atoms with Gasteiger partial charge < -0.3 is 15.7 Å². The van der Waals surface area contributed by atoms with Gasteiger partial charge in [-0.2, -0.15) is 0 Å². The minimum absolute atomic E-state index is 0.397. The summed E-state index contributed by atoms with van der Waals surface area (Å²) in [6.07, 6.45) is 2.17. The maximum absolute atomic E-state index is 11.5. The lowest BCUT2D eigenvalue weighted by Crippen LogP contribution is -2.38. The number of nitrogens with zero attached hydrogens (tertiary/aromatic N) is 1. The van der Waals surface area contributed by atoms with Gasteiger partial charge in [0.15, 0.2) is 0 Å². The van der Waals surface area contributed by atoms with E-state index >= 15 is 0 Å². The standard InChI is InChI=1S/C20H20N2O5/c21-17(12-15-9-5-2-6-10-15)18-13-16(11-14-7-3-1-4-8-14)22(26-18)27-20(25)19(23)24/h1-10,13,17-18H,11-12,21H2,(H,23,24). The first kappa shape index (κ1) is 18.6. The van der Waals surface area contributed by atoms with Crippen molar-refractivity contribution in [1.82, 2.24) is 5.23 Å². The molecule has 0 saturated heterocycles. The van der Waals surface area contributed by atoms with Crippen LogP contribution >= 0.6 is 0 Å². The van der Waals surface area contributed by atoms with Gasteiger partial charge in [-0.15, -0.1) is 0 Å². The zero-order valence-electron chi connectivity index (χ0n) is 14.5. The molecule has 0 aromatic heterocycles. The Bertz CT molecular complexity index is 823. The van der Waals surface area contributed by atoms with Crippen molar-refractivity contribution in [2.75, 3.05) is 0 Å². The van der Waals surface area contributed by atoms with Gasteiger partial charge >= 0.3 is 11.9 Å². The summed E-state index contributed by atoms with van der Waals surface area (Å²) in [4.78, 5) is 32.7. The lowest BCUT2D eigenvalue weighted by Gasteiger charge is -2.22. The highest BCUT2D eigenvalue weighted by atomic mass is 17.0. The molecule has 7 nitrogen and oxygen atoms in total. The normalized spacial score (nSPS) is 17.3. The highest BCUT2D eigenvalue weighted by molar-refractivity contribution is 6.28. The summed E-state index contributed by atoms with van der Waals surface area (Å²) in [6, 6.07) is 18.8. The largest absolute Gasteiger partial charge is 0.473 e. The van der Waals surface area contributed by atoms with Crippen LogP contribution < -0.4 is 5.73 Å². The molecule has 0 spiro atoms. The van der Waals surface area contributed by atoms with Gasteiger partial charge in [-0.05, 0) is 23.6 Å². The Morgan fingerprint density at radius 2 is 1.67 bits per heavy atom. The number of hydrogen-bond acceptors (Lipinski definition) is 6. The number of hydrogen-bond donors (Lipinski definition) is 2. The Kier molecular flexibility index (Phi) is 5.85. The molecule has 1 aliphatic heterocycles. The molecule has 0 amide bonds. The average molecular weight is 368 g/mol. The maximum atomic E-state index is 11.5. The van der Waals surface area contributed by atoms with Crippen LogP contribution in [0.3, 0.4) is 0 Å². The summed E-state index contributed by atoms with van der Waals surface area (Å²) in [6.45, 7) is 0. The molecule has 2 aromatic rings. The number of nitrogens with two attached hydrogens (primary N) is 1. The predicted molar refractivity (Wildman–Crippen MR) is 96.8 cm³/mol. The molecule has 0 bridgehead atoms. The molecule has 2 unspecified atom stereocenters. The number of benzene rings is 2. The zero-order valence-corrected chi connectivity index (χ0v) is 14.5. The van der Waals surface area contributed by atoms with E-state index in [1.165, 1.54) is 0 Å². The number of aliphatic carboxylic acids is 1. The van der Waals surface area contributed by atoms with E-state index in [0.29, 0.717) is 18.5 Å². The van der Waals surface area contributed by atoms with E-state index in [-0.39, 0.29) is 0 Å². The van der Waals surface area contributed by atoms with Crippen molar-refractivity contribution < 1.29 is 24.4 Å². The second kappa shape index (κ2) is 8.48. The van der Waals surface area contributed by atoms with E-state index in [2.05, 4.69) is 0 Å². The van der Waals surface area contributed by atoms with Gasteiger partial charge in [-0.25, -0.2) is 14.4 Å². The Labute approximate surface area is 156 Å². The van der Waals surface area contributed by atoms with Gasteiger partial charge in [-0.1, -0.05) is 65.9 Å². The van der Waals surface area contributed by atoms with Gasteiger partial charge in [0.1, 0.15) is 6.10 Å². The molecular formula is C20H20N2O5. The molecule has 0 saturated carbocycles. The minimum atomic E-state index is -1.70. The average Bonchev–Trinajstić information content (AvgIpc) is 3.06. The summed E-state index contributed by atoms with van der Waals surface area (Å²) in [5.41, 5.74) is 8.79. The molecule has 3 N–H and O–H groups in total. The van der Waals surface area contributed by atoms with E-state index < -0.39 is 24.1 Å². The Balaban J connectivity index is 1.74. The van der Waals surface area contributed by atoms with Crippen LogP contribution in [0, 0.1) is 0 Å². The highest BCUT2D eigenvalue weighted by Gasteiger charge is 2.33. The number of allylic oxidation sites excluding steroid dienone is 1. The molecule has 7 heteroatoms. The van der Waals surface area contributed by atoms with Gasteiger partial charge in [0, 0.05) is 12.5 Å². The van der Waals surface area contributed by atoms with Crippen molar-refractivity contribution in [2.45, 2.75) is 25.0 Å². The summed E-state index contributed by atoms with van der Waals surface area (Å²) in [5.74, 6) is -3.12.